The molecule has 2 N–H and O–H groups in total. The fourth-order valence-corrected chi connectivity index (χ4v) is 2.13. The summed E-state index contributed by atoms with van der Waals surface area (Å²) in [6.07, 6.45) is 2.48. The number of aryl methyl sites for hydroxylation is 2. The van der Waals surface area contributed by atoms with Crippen LogP contribution in [0.4, 0.5) is 10.1 Å². The average molecular weight is 343 g/mol. The van der Waals surface area contributed by atoms with Crippen molar-refractivity contribution >= 4 is 21.6 Å². The summed E-state index contributed by atoms with van der Waals surface area (Å²) in [6.45, 7) is 3.13. The average Bonchev–Trinajstić information content (AvgIpc) is 2.87. The van der Waals surface area contributed by atoms with Gasteiger partial charge in [0.15, 0.2) is 0 Å². The number of rotatable bonds is 6. The second-order valence-electron chi connectivity index (χ2n) is 4.48. The van der Waals surface area contributed by atoms with E-state index < -0.39 is 0 Å². The number of nitrogens with zero attached hydrogens (tertiary/aromatic N) is 3. The molecule has 0 radical (unpaired) electrons. The molecule has 0 aliphatic rings. The predicted molar refractivity (Wildman–Crippen MR) is 77.9 cm³/mol. The Labute approximate surface area is 124 Å². The lowest BCUT2D eigenvalue weighted by atomic mass is 10.2. The van der Waals surface area contributed by atoms with Crippen LogP contribution < -0.4 is 5.32 Å². The van der Waals surface area contributed by atoms with Crippen LogP contribution in [0.2, 0.25) is 0 Å². The van der Waals surface area contributed by atoms with Crippen molar-refractivity contribution in [3.05, 3.63) is 39.9 Å². The lowest BCUT2D eigenvalue weighted by Crippen LogP contribution is -2.02. The van der Waals surface area contributed by atoms with Crippen molar-refractivity contribution < 1.29 is 9.50 Å². The molecule has 108 valence electrons. The zero-order valence-electron chi connectivity index (χ0n) is 11.1. The number of nitrogens with one attached hydrogen (secondary N) is 1. The molecule has 5 nitrogen and oxygen atoms in total. The number of halogens is 2. The molecular formula is C13H16BrFN4O. The van der Waals surface area contributed by atoms with Gasteiger partial charge < -0.3 is 10.4 Å². The molecule has 2 aromatic rings. The highest BCUT2D eigenvalue weighted by molar-refractivity contribution is 9.10. The van der Waals surface area contributed by atoms with Gasteiger partial charge in [0, 0.05) is 18.8 Å². The number of aliphatic hydroxyl groups excluding tert-OH is 1. The van der Waals surface area contributed by atoms with E-state index in [1.165, 1.54) is 6.07 Å². The molecule has 1 aromatic heterocycles. The topological polar surface area (TPSA) is 63.0 Å². The van der Waals surface area contributed by atoms with Gasteiger partial charge in [-0.3, -0.25) is 4.68 Å². The molecule has 0 saturated heterocycles. The Morgan fingerprint density at radius 2 is 2.25 bits per heavy atom. The number of aliphatic hydroxyl groups is 1. The van der Waals surface area contributed by atoms with Crippen LogP contribution in [0.25, 0.3) is 0 Å². The minimum atomic E-state index is -0.275. The second kappa shape index (κ2) is 6.81. The van der Waals surface area contributed by atoms with E-state index in [4.69, 9.17) is 5.11 Å². The minimum Gasteiger partial charge on any atom is -0.396 e. The van der Waals surface area contributed by atoms with E-state index in [0.29, 0.717) is 24.0 Å². The van der Waals surface area contributed by atoms with Crippen molar-refractivity contribution in [3.8, 4) is 0 Å². The van der Waals surface area contributed by atoms with Gasteiger partial charge in [-0.25, -0.2) is 4.39 Å². The molecular weight excluding hydrogens is 327 g/mol. The minimum absolute atomic E-state index is 0.135. The molecule has 0 unspecified atom stereocenters. The second-order valence-corrected chi connectivity index (χ2v) is 5.34. The van der Waals surface area contributed by atoms with Gasteiger partial charge in [-0.15, -0.1) is 5.10 Å². The van der Waals surface area contributed by atoms with Gasteiger partial charge in [0.25, 0.3) is 0 Å². The third-order valence-electron chi connectivity index (χ3n) is 2.86. The third kappa shape index (κ3) is 3.77. The van der Waals surface area contributed by atoms with Crippen molar-refractivity contribution in [1.29, 1.82) is 0 Å². The Morgan fingerprint density at radius 3 is 3.00 bits per heavy atom. The number of anilines is 1. The molecule has 1 aromatic carbocycles. The van der Waals surface area contributed by atoms with Crippen LogP contribution in [0.5, 0.6) is 0 Å². The summed E-state index contributed by atoms with van der Waals surface area (Å²) < 4.78 is 15.4. The molecule has 2 rings (SSSR count). The van der Waals surface area contributed by atoms with Crippen molar-refractivity contribution in [2.24, 2.45) is 0 Å². The first-order valence-corrected chi connectivity index (χ1v) is 7.09. The zero-order valence-corrected chi connectivity index (χ0v) is 12.7. The molecule has 0 atom stereocenters. The van der Waals surface area contributed by atoms with Crippen LogP contribution in [-0.2, 0) is 13.1 Å². The largest absolute Gasteiger partial charge is 0.396 e. The quantitative estimate of drug-likeness (QED) is 0.846. The van der Waals surface area contributed by atoms with Crippen LogP contribution in [0, 0.1) is 12.7 Å². The lowest BCUT2D eigenvalue weighted by molar-refractivity contribution is 0.276. The normalized spacial score (nSPS) is 10.8. The standard InChI is InChI=1S/C13H16BrFN4O/c1-9-5-12(15)11(14)6-13(9)16-7-10-8-19(18-17-10)3-2-4-20/h5-6,8,16,20H,2-4,7H2,1H3. The maximum atomic E-state index is 13.3. The Balaban J connectivity index is 1.98. The highest BCUT2D eigenvalue weighted by Crippen LogP contribution is 2.24. The predicted octanol–water partition coefficient (Wildman–Crippen LogP) is 2.48. The summed E-state index contributed by atoms with van der Waals surface area (Å²) >= 11 is 3.17. The van der Waals surface area contributed by atoms with Crippen LogP contribution in [0.15, 0.2) is 22.8 Å². The molecule has 7 heteroatoms. The van der Waals surface area contributed by atoms with Crippen molar-refractivity contribution in [1.82, 2.24) is 15.0 Å². The van der Waals surface area contributed by atoms with E-state index >= 15 is 0 Å². The van der Waals surface area contributed by atoms with Crippen LogP contribution in [0.3, 0.4) is 0 Å². The molecule has 0 aliphatic heterocycles. The maximum Gasteiger partial charge on any atom is 0.137 e. The monoisotopic (exact) mass is 342 g/mol. The molecule has 0 amide bonds. The molecule has 0 spiro atoms. The molecule has 0 aliphatic carbocycles. The summed E-state index contributed by atoms with van der Waals surface area (Å²) in [6, 6.07) is 3.19. The Kier molecular flexibility index (Phi) is 5.08. The first-order valence-electron chi connectivity index (χ1n) is 6.29. The van der Waals surface area contributed by atoms with Crippen molar-refractivity contribution in [3.63, 3.8) is 0 Å². The van der Waals surface area contributed by atoms with Gasteiger partial charge in [0.05, 0.1) is 17.2 Å². The van der Waals surface area contributed by atoms with Gasteiger partial charge in [-0.05, 0) is 47.0 Å². The molecule has 0 bridgehead atoms. The Hall–Kier alpha value is -1.47. The molecule has 1 heterocycles. The van der Waals surface area contributed by atoms with Crippen molar-refractivity contribution in [2.75, 3.05) is 11.9 Å². The van der Waals surface area contributed by atoms with E-state index in [1.54, 1.807) is 10.7 Å². The molecule has 0 saturated carbocycles. The van der Waals surface area contributed by atoms with Crippen LogP contribution in [0.1, 0.15) is 17.7 Å². The van der Waals surface area contributed by atoms with E-state index in [2.05, 4.69) is 31.6 Å². The fraction of sp³-hybridized carbons (Fsp3) is 0.385. The van der Waals surface area contributed by atoms with Gasteiger partial charge in [-0.1, -0.05) is 5.21 Å². The number of hydrogen-bond donors (Lipinski definition) is 2. The summed E-state index contributed by atoms with van der Waals surface area (Å²) in [7, 11) is 0. The van der Waals surface area contributed by atoms with E-state index in [0.717, 1.165) is 16.9 Å². The summed E-state index contributed by atoms with van der Waals surface area (Å²) in [4.78, 5) is 0. The fourth-order valence-electron chi connectivity index (χ4n) is 1.78. The van der Waals surface area contributed by atoms with Gasteiger partial charge >= 0.3 is 0 Å². The molecule has 0 fully saturated rings. The SMILES string of the molecule is Cc1cc(F)c(Br)cc1NCc1cn(CCCO)nn1. The third-order valence-corrected chi connectivity index (χ3v) is 3.47. The zero-order chi connectivity index (χ0) is 14.5. The molecule has 20 heavy (non-hydrogen) atoms. The highest BCUT2D eigenvalue weighted by atomic mass is 79.9. The van der Waals surface area contributed by atoms with Gasteiger partial charge in [-0.2, -0.15) is 0 Å². The first-order chi connectivity index (χ1) is 9.60. The summed E-state index contributed by atoms with van der Waals surface area (Å²) in [5, 5.41) is 20.0. The summed E-state index contributed by atoms with van der Waals surface area (Å²) in [5.74, 6) is -0.275. The Bertz CT molecular complexity index is 588. The van der Waals surface area contributed by atoms with Gasteiger partial charge in [0.1, 0.15) is 11.5 Å². The number of benzene rings is 1. The number of hydrogen-bond acceptors (Lipinski definition) is 4. The number of aromatic nitrogens is 3. The summed E-state index contributed by atoms with van der Waals surface area (Å²) in [5.41, 5.74) is 2.48. The van der Waals surface area contributed by atoms with Crippen LogP contribution >= 0.6 is 15.9 Å². The Morgan fingerprint density at radius 1 is 1.45 bits per heavy atom. The van der Waals surface area contributed by atoms with E-state index in [9.17, 15) is 4.39 Å². The van der Waals surface area contributed by atoms with Crippen LogP contribution in [-0.4, -0.2) is 26.7 Å². The maximum absolute atomic E-state index is 13.3. The lowest BCUT2D eigenvalue weighted by Gasteiger charge is -2.09. The van der Waals surface area contributed by atoms with Gasteiger partial charge in [0.2, 0.25) is 0 Å². The van der Waals surface area contributed by atoms with Crippen molar-refractivity contribution in [2.45, 2.75) is 26.4 Å². The smallest absolute Gasteiger partial charge is 0.137 e. The first kappa shape index (κ1) is 14.9. The highest BCUT2D eigenvalue weighted by Gasteiger charge is 2.06. The van der Waals surface area contributed by atoms with E-state index in [-0.39, 0.29) is 12.4 Å². The van der Waals surface area contributed by atoms with E-state index in [1.807, 2.05) is 13.1 Å².